The number of hydrogen-bond acceptors (Lipinski definition) is 4. The van der Waals surface area contributed by atoms with Gasteiger partial charge in [0.1, 0.15) is 11.5 Å². The van der Waals surface area contributed by atoms with Crippen molar-refractivity contribution in [3.63, 3.8) is 0 Å². The van der Waals surface area contributed by atoms with Crippen LogP contribution >= 0.6 is 0 Å². The number of rotatable bonds is 7. The number of methoxy groups -OCH3 is 1. The normalized spacial score (nSPS) is 17.5. The van der Waals surface area contributed by atoms with Gasteiger partial charge in [0.25, 0.3) is 5.91 Å². The second-order valence-corrected chi connectivity index (χ2v) is 6.27. The number of carbonyl (C=O) groups is 1. The summed E-state index contributed by atoms with van der Waals surface area (Å²) in [7, 11) is 3.77. The third kappa shape index (κ3) is 5.75. The van der Waals surface area contributed by atoms with Gasteiger partial charge in [0, 0.05) is 12.6 Å². The van der Waals surface area contributed by atoms with E-state index < -0.39 is 6.10 Å². The third-order valence-corrected chi connectivity index (χ3v) is 4.41. The Bertz CT molecular complexity index is 499. The summed E-state index contributed by atoms with van der Waals surface area (Å²) in [6.07, 6.45) is 2.98. The summed E-state index contributed by atoms with van der Waals surface area (Å²) in [6.45, 7) is 4.81. The van der Waals surface area contributed by atoms with Gasteiger partial charge in [-0.1, -0.05) is 6.07 Å². The summed E-state index contributed by atoms with van der Waals surface area (Å²) < 4.78 is 10.8. The largest absolute Gasteiger partial charge is 0.497 e. The van der Waals surface area contributed by atoms with Crippen molar-refractivity contribution < 1.29 is 14.3 Å². The summed E-state index contributed by atoms with van der Waals surface area (Å²) in [6, 6.07) is 7.30. The van der Waals surface area contributed by atoms with Gasteiger partial charge in [-0.25, -0.2) is 0 Å². The summed E-state index contributed by atoms with van der Waals surface area (Å²) in [5.74, 6) is 2.02. The Balaban J connectivity index is 1.70. The minimum Gasteiger partial charge on any atom is -0.497 e. The number of hydrogen-bond donors (Lipinski definition) is 1. The number of amides is 1. The average molecular weight is 320 g/mol. The second kappa shape index (κ2) is 8.77. The standard InChI is InChI=1S/C18H28N2O3/c1-14(23-17-6-4-5-16(13-17)22-3)18(21)19-10-7-15-8-11-20(2)12-9-15/h4-6,13-15H,7-12H2,1-3H3,(H,19,21). The van der Waals surface area contributed by atoms with E-state index in [4.69, 9.17) is 9.47 Å². The molecule has 0 aliphatic carbocycles. The van der Waals surface area contributed by atoms with Gasteiger partial charge in [-0.2, -0.15) is 0 Å². The molecule has 1 aliphatic rings. The van der Waals surface area contributed by atoms with Crippen LogP contribution in [0.5, 0.6) is 11.5 Å². The first kappa shape index (κ1) is 17.6. The maximum Gasteiger partial charge on any atom is 0.260 e. The Morgan fingerprint density at radius 1 is 1.35 bits per heavy atom. The SMILES string of the molecule is COc1cccc(OC(C)C(=O)NCCC2CCN(C)CC2)c1. The smallest absolute Gasteiger partial charge is 0.260 e. The predicted molar refractivity (Wildman–Crippen MR) is 90.9 cm³/mol. The minimum atomic E-state index is -0.514. The molecule has 128 valence electrons. The molecule has 1 fully saturated rings. The fraction of sp³-hybridized carbons (Fsp3) is 0.611. The van der Waals surface area contributed by atoms with Crippen molar-refractivity contribution in [1.82, 2.24) is 10.2 Å². The zero-order valence-corrected chi connectivity index (χ0v) is 14.4. The van der Waals surface area contributed by atoms with Crippen LogP contribution in [0.4, 0.5) is 0 Å². The fourth-order valence-electron chi connectivity index (χ4n) is 2.83. The summed E-state index contributed by atoms with van der Waals surface area (Å²) in [4.78, 5) is 14.5. The Morgan fingerprint density at radius 3 is 2.74 bits per heavy atom. The van der Waals surface area contributed by atoms with E-state index >= 15 is 0 Å². The molecule has 1 unspecified atom stereocenters. The number of likely N-dealkylation sites (tertiary alicyclic amines) is 1. The lowest BCUT2D eigenvalue weighted by atomic mass is 9.94. The number of piperidine rings is 1. The van der Waals surface area contributed by atoms with Crippen LogP contribution in [-0.2, 0) is 4.79 Å². The topological polar surface area (TPSA) is 50.8 Å². The molecule has 1 heterocycles. The highest BCUT2D eigenvalue weighted by atomic mass is 16.5. The van der Waals surface area contributed by atoms with E-state index in [1.54, 1.807) is 20.1 Å². The van der Waals surface area contributed by atoms with Crippen LogP contribution in [-0.4, -0.2) is 50.7 Å². The van der Waals surface area contributed by atoms with Crippen molar-refractivity contribution >= 4 is 5.91 Å². The Morgan fingerprint density at radius 2 is 2.04 bits per heavy atom. The Hall–Kier alpha value is -1.75. The first-order valence-corrected chi connectivity index (χ1v) is 8.35. The van der Waals surface area contributed by atoms with Gasteiger partial charge < -0.3 is 19.7 Å². The van der Waals surface area contributed by atoms with Crippen LogP contribution in [0.1, 0.15) is 26.2 Å². The molecule has 1 aromatic rings. The van der Waals surface area contributed by atoms with Crippen molar-refractivity contribution in [1.29, 1.82) is 0 Å². The molecular weight excluding hydrogens is 292 g/mol. The maximum atomic E-state index is 12.1. The highest BCUT2D eigenvalue weighted by molar-refractivity contribution is 5.80. The van der Waals surface area contributed by atoms with Crippen molar-refractivity contribution in [3.8, 4) is 11.5 Å². The van der Waals surface area contributed by atoms with Crippen molar-refractivity contribution in [2.75, 3.05) is 33.8 Å². The lowest BCUT2D eigenvalue weighted by molar-refractivity contribution is -0.127. The predicted octanol–water partition coefficient (Wildman–Crippen LogP) is 2.31. The summed E-state index contributed by atoms with van der Waals surface area (Å²) in [5, 5.41) is 2.98. The van der Waals surface area contributed by atoms with Crippen LogP contribution in [0.3, 0.4) is 0 Å². The van der Waals surface area contributed by atoms with E-state index in [1.165, 1.54) is 12.8 Å². The van der Waals surface area contributed by atoms with Crippen LogP contribution in [0, 0.1) is 5.92 Å². The average Bonchev–Trinajstić information content (AvgIpc) is 2.56. The van der Waals surface area contributed by atoms with Crippen molar-refractivity contribution in [2.45, 2.75) is 32.3 Å². The number of nitrogens with one attached hydrogen (secondary N) is 1. The number of benzene rings is 1. The van der Waals surface area contributed by atoms with Gasteiger partial charge in [0.15, 0.2) is 6.10 Å². The van der Waals surface area contributed by atoms with Gasteiger partial charge in [-0.15, -0.1) is 0 Å². The van der Waals surface area contributed by atoms with Gasteiger partial charge in [-0.05, 0) is 64.4 Å². The molecule has 0 saturated carbocycles. The summed E-state index contributed by atoms with van der Waals surface area (Å²) >= 11 is 0. The molecular formula is C18H28N2O3. The lowest BCUT2D eigenvalue weighted by Crippen LogP contribution is -2.38. The van der Waals surface area contributed by atoms with Gasteiger partial charge in [0.05, 0.1) is 7.11 Å². The van der Waals surface area contributed by atoms with Gasteiger partial charge in [-0.3, -0.25) is 4.79 Å². The molecule has 1 aromatic carbocycles. The van der Waals surface area contributed by atoms with Crippen LogP contribution in [0.2, 0.25) is 0 Å². The molecule has 5 nitrogen and oxygen atoms in total. The highest BCUT2D eigenvalue weighted by Gasteiger charge is 2.18. The molecule has 0 aromatic heterocycles. The van der Waals surface area contributed by atoms with E-state index in [1.807, 2.05) is 18.2 Å². The molecule has 1 amide bonds. The van der Waals surface area contributed by atoms with E-state index in [0.29, 0.717) is 5.75 Å². The summed E-state index contributed by atoms with van der Waals surface area (Å²) in [5.41, 5.74) is 0. The van der Waals surface area contributed by atoms with Crippen LogP contribution in [0.15, 0.2) is 24.3 Å². The molecule has 0 radical (unpaired) electrons. The van der Waals surface area contributed by atoms with Gasteiger partial charge in [0.2, 0.25) is 0 Å². The first-order valence-electron chi connectivity index (χ1n) is 8.35. The minimum absolute atomic E-state index is 0.0688. The molecule has 2 rings (SSSR count). The molecule has 1 saturated heterocycles. The lowest BCUT2D eigenvalue weighted by Gasteiger charge is -2.29. The molecule has 0 bridgehead atoms. The maximum absolute atomic E-state index is 12.1. The molecule has 1 N–H and O–H groups in total. The molecule has 23 heavy (non-hydrogen) atoms. The molecule has 0 spiro atoms. The van der Waals surface area contributed by atoms with E-state index in [0.717, 1.165) is 37.7 Å². The number of carbonyl (C=O) groups excluding carboxylic acids is 1. The zero-order valence-electron chi connectivity index (χ0n) is 14.4. The number of ether oxygens (including phenoxy) is 2. The van der Waals surface area contributed by atoms with E-state index in [9.17, 15) is 4.79 Å². The van der Waals surface area contributed by atoms with E-state index in [2.05, 4.69) is 17.3 Å². The van der Waals surface area contributed by atoms with Crippen LogP contribution < -0.4 is 14.8 Å². The quantitative estimate of drug-likeness (QED) is 0.837. The van der Waals surface area contributed by atoms with Crippen molar-refractivity contribution in [2.24, 2.45) is 5.92 Å². The molecule has 5 heteroatoms. The third-order valence-electron chi connectivity index (χ3n) is 4.41. The Kier molecular flexibility index (Phi) is 6.71. The molecule has 1 atom stereocenters. The van der Waals surface area contributed by atoms with Crippen molar-refractivity contribution in [3.05, 3.63) is 24.3 Å². The first-order chi connectivity index (χ1) is 11.1. The number of nitrogens with zero attached hydrogens (tertiary/aromatic N) is 1. The van der Waals surface area contributed by atoms with Crippen LogP contribution in [0.25, 0.3) is 0 Å². The zero-order chi connectivity index (χ0) is 16.7. The highest BCUT2D eigenvalue weighted by Crippen LogP contribution is 2.20. The fourth-order valence-corrected chi connectivity index (χ4v) is 2.83. The van der Waals surface area contributed by atoms with E-state index in [-0.39, 0.29) is 5.91 Å². The Labute approximate surface area is 139 Å². The monoisotopic (exact) mass is 320 g/mol. The molecule has 1 aliphatic heterocycles. The second-order valence-electron chi connectivity index (χ2n) is 6.27. The van der Waals surface area contributed by atoms with Gasteiger partial charge >= 0.3 is 0 Å².